The van der Waals surface area contributed by atoms with Crippen molar-refractivity contribution in [1.29, 1.82) is 0 Å². The molecule has 1 aliphatic rings. The zero-order valence-electron chi connectivity index (χ0n) is 12.1. The molecule has 0 spiro atoms. The summed E-state index contributed by atoms with van der Waals surface area (Å²) in [7, 11) is 0. The van der Waals surface area contributed by atoms with Crippen molar-refractivity contribution in [2.75, 3.05) is 6.54 Å². The number of aromatic nitrogens is 1. The predicted molar refractivity (Wildman–Crippen MR) is 87.3 cm³/mol. The average molecular weight is 278 g/mol. The third-order valence-corrected chi connectivity index (χ3v) is 3.81. The fourth-order valence-corrected chi connectivity index (χ4v) is 2.85. The summed E-state index contributed by atoms with van der Waals surface area (Å²) < 4.78 is 0. The number of hydrogen-bond acceptors (Lipinski definition) is 1. The minimum absolute atomic E-state index is 0.00230. The van der Waals surface area contributed by atoms with Crippen LogP contribution in [0.1, 0.15) is 28.5 Å². The summed E-state index contributed by atoms with van der Waals surface area (Å²) in [6.07, 6.45) is 8.69. The van der Waals surface area contributed by atoms with Crippen LogP contribution in [0.2, 0.25) is 0 Å². The van der Waals surface area contributed by atoms with Gasteiger partial charge in [-0.15, -0.1) is 0 Å². The summed E-state index contributed by atoms with van der Waals surface area (Å²) in [5.41, 5.74) is 5.04. The highest BCUT2D eigenvalue weighted by atomic mass is 16.1. The van der Waals surface area contributed by atoms with Gasteiger partial charge in [0.25, 0.3) is 5.91 Å². The molecule has 0 aliphatic carbocycles. The van der Waals surface area contributed by atoms with Gasteiger partial charge in [0.15, 0.2) is 0 Å². The molecule has 2 heterocycles. The molecule has 2 N–H and O–H groups in total. The molecule has 2 aromatic rings. The second kappa shape index (κ2) is 5.44. The van der Waals surface area contributed by atoms with Crippen molar-refractivity contribution < 1.29 is 4.79 Å². The standard InChI is InChI=1S/C18H18N2O/c1-3-5-7-12(4-2)17-13-10-11-19-18(21)14-8-6-9-15(20-17)16(13)14/h3-9,20H,2,10-11H2,1H3,(H,19,21)/b5-3-,12-7+. The fraction of sp³-hybridized carbons (Fsp3) is 0.167. The molecular weight excluding hydrogens is 260 g/mol. The summed E-state index contributed by atoms with van der Waals surface area (Å²) in [6.45, 7) is 6.55. The Morgan fingerprint density at radius 3 is 3.00 bits per heavy atom. The third-order valence-electron chi connectivity index (χ3n) is 3.81. The average Bonchev–Trinajstić information content (AvgIpc) is 2.77. The number of carbonyl (C=O) groups excluding carboxylic acids is 1. The molecule has 0 unspecified atom stereocenters. The van der Waals surface area contributed by atoms with Gasteiger partial charge < -0.3 is 10.3 Å². The van der Waals surface area contributed by atoms with Gasteiger partial charge >= 0.3 is 0 Å². The normalized spacial score (nSPS) is 15.3. The van der Waals surface area contributed by atoms with E-state index in [2.05, 4.69) is 16.9 Å². The molecule has 3 nitrogen and oxygen atoms in total. The molecule has 3 heteroatoms. The monoisotopic (exact) mass is 278 g/mol. The maximum atomic E-state index is 12.1. The van der Waals surface area contributed by atoms with Gasteiger partial charge in [-0.2, -0.15) is 0 Å². The molecule has 0 saturated heterocycles. The largest absolute Gasteiger partial charge is 0.354 e. The van der Waals surface area contributed by atoms with Gasteiger partial charge in [-0.25, -0.2) is 0 Å². The Labute approximate surface area is 124 Å². The molecule has 106 valence electrons. The molecule has 21 heavy (non-hydrogen) atoms. The van der Waals surface area contributed by atoms with E-state index in [9.17, 15) is 4.79 Å². The number of benzene rings is 1. The van der Waals surface area contributed by atoms with Crippen LogP contribution in [0.25, 0.3) is 16.5 Å². The van der Waals surface area contributed by atoms with Gasteiger partial charge in [-0.1, -0.05) is 36.9 Å². The molecule has 3 rings (SSSR count). The summed E-state index contributed by atoms with van der Waals surface area (Å²) in [5.74, 6) is 0.00230. The number of H-pyrrole nitrogens is 1. The maximum absolute atomic E-state index is 12.1. The first-order chi connectivity index (χ1) is 10.3. The highest BCUT2D eigenvalue weighted by Gasteiger charge is 2.21. The van der Waals surface area contributed by atoms with E-state index in [1.54, 1.807) is 0 Å². The van der Waals surface area contributed by atoms with E-state index < -0.39 is 0 Å². The zero-order valence-corrected chi connectivity index (χ0v) is 12.1. The zero-order chi connectivity index (χ0) is 14.8. The van der Waals surface area contributed by atoms with Crippen LogP contribution in [0.15, 0.2) is 49.1 Å². The number of allylic oxidation sites excluding steroid dienone is 5. The molecule has 1 amide bonds. The van der Waals surface area contributed by atoms with Gasteiger partial charge in [-0.05, 0) is 36.6 Å². The van der Waals surface area contributed by atoms with Crippen LogP contribution in [-0.4, -0.2) is 17.4 Å². The van der Waals surface area contributed by atoms with Crippen LogP contribution in [-0.2, 0) is 6.42 Å². The topological polar surface area (TPSA) is 44.9 Å². The smallest absolute Gasteiger partial charge is 0.251 e. The molecular formula is C18H18N2O. The Kier molecular flexibility index (Phi) is 3.48. The lowest BCUT2D eigenvalue weighted by atomic mass is 10.00. The van der Waals surface area contributed by atoms with E-state index in [-0.39, 0.29) is 5.91 Å². The summed E-state index contributed by atoms with van der Waals surface area (Å²) in [4.78, 5) is 15.6. The van der Waals surface area contributed by atoms with Crippen molar-refractivity contribution >= 4 is 22.4 Å². The van der Waals surface area contributed by atoms with Crippen molar-refractivity contribution in [1.82, 2.24) is 10.3 Å². The minimum Gasteiger partial charge on any atom is -0.354 e. The Hall–Kier alpha value is -2.55. The van der Waals surface area contributed by atoms with Gasteiger partial charge in [-0.3, -0.25) is 4.79 Å². The molecule has 1 aromatic carbocycles. The van der Waals surface area contributed by atoms with Gasteiger partial charge in [0, 0.05) is 28.7 Å². The Morgan fingerprint density at radius 2 is 2.24 bits per heavy atom. The molecule has 0 saturated carbocycles. The van der Waals surface area contributed by atoms with E-state index in [1.165, 1.54) is 5.56 Å². The van der Waals surface area contributed by atoms with Crippen LogP contribution < -0.4 is 5.32 Å². The highest BCUT2D eigenvalue weighted by molar-refractivity contribution is 6.09. The molecule has 0 radical (unpaired) electrons. The molecule has 1 aromatic heterocycles. The summed E-state index contributed by atoms with van der Waals surface area (Å²) >= 11 is 0. The lowest BCUT2D eigenvalue weighted by molar-refractivity contribution is 0.0957. The number of aromatic amines is 1. The van der Waals surface area contributed by atoms with Crippen LogP contribution in [0.4, 0.5) is 0 Å². The van der Waals surface area contributed by atoms with E-state index >= 15 is 0 Å². The molecule has 0 fully saturated rings. The quantitative estimate of drug-likeness (QED) is 0.828. The van der Waals surface area contributed by atoms with Crippen LogP contribution >= 0.6 is 0 Å². The predicted octanol–water partition coefficient (Wildman–Crippen LogP) is 3.60. The minimum atomic E-state index is 0.00230. The van der Waals surface area contributed by atoms with Crippen molar-refractivity contribution in [3.05, 3.63) is 65.9 Å². The Balaban J connectivity index is 2.30. The first-order valence-electron chi connectivity index (χ1n) is 7.13. The lowest BCUT2D eigenvalue weighted by Crippen LogP contribution is -2.23. The Bertz CT molecular complexity index is 778. The second-order valence-corrected chi connectivity index (χ2v) is 5.06. The number of hydrogen-bond donors (Lipinski definition) is 2. The third kappa shape index (κ3) is 2.21. The van der Waals surface area contributed by atoms with Crippen LogP contribution in [0.3, 0.4) is 0 Å². The number of amides is 1. The maximum Gasteiger partial charge on any atom is 0.251 e. The van der Waals surface area contributed by atoms with E-state index in [0.717, 1.165) is 34.2 Å². The fourth-order valence-electron chi connectivity index (χ4n) is 2.85. The van der Waals surface area contributed by atoms with Gasteiger partial charge in [0.2, 0.25) is 0 Å². The SMILES string of the molecule is C=C/C(=C\C=C/C)c1[nH]c2cccc3c2c1CCNC3=O. The van der Waals surface area contributed by atoms with Crippen molar-refractivity contribution in [3.63, 3.8) is 0 Å². The molecule has 0 bridgehead atoms. The van der Waals surface area contributed by atoms with Crippen molar-refractivity contribution in [2.45, 2.75) is 13.3 Å². The number of nitrogens with one attached hydrogen (secondary N) is 2. The van der Waals surface area contributed by atoms with Crippen LogP contribution in [0, 0.1) is 0 Å². The van der Waals surface area contributed by atoms with Gasteiger partial charge in [0.1, 0.15) is 0 Å². The summed E-state index contributed by atoms with van der Waals surface area (Å²) in [6, 6.07) is 5.81. The lowest BCUT2D eigenvalue weighted by Gasteiger charge is -2.04. The van der Waals surface area contributed by atoms with Crippen LogP contribution in [0.5, 0.6) is 0 Å². The number of carbonyl (C=O) groups is 1. The second-order valence-electron chi connectivity index (χ2n) is 5.06. The first kappa shape index (κ1) is 13.4. The summed E-state index contributed by atoms with van der Waals surface area (Å²) in [5, 5.41) is 3.99. The van der Waals surface area contributed by atoms with Crippen molar-refractivity contribution in [3.8, 4) is 0 Å². The van der Waals surface area contributed by atoms with E-state index in [4.69, 9.17) is 0 Å². The molecule has 0 atom stereocenters. The first-order valence-corrected chi connectivity index (χ1v) is 7.13. The van der Waals surface area contributed by atoms with Crippen molar-refractivity contribution in [2.24, 2.45) is 0 Å². The van der Waals surface area contributed by atoms with Gasteiger partial charge in [0.05, 0.1) is 0 Å². The molecule has 1 aliphatic heterocycles. The van der Waals surface area contributed by atoms with E-state index in [1.807, 2.05) is 49.4 Å². The Morgan fingerprint density at radius 1 is 1.38 bits per heavy atom. The highest BCUT2D eigenvalue weighted by Crippen LogP contribution is 2.32. The van der Waals surface area contributed by atoms with E-state index in [0.29, 0.717) is 6.54 Å². The number of rotatable bonds is 3.